The summed E-state index contributed by atoms with van der Waals surface area (Å²) in [7, 11) is 0. The van der Waals surface area contributed by atoms with Gasteiger partial charge >= 0.3 is 6.18 Å². The molecule has 21 heavy (non-hydrogen) atoms. The summed E-state index contributed by atoms with van der Waals surface area (Å²) in [5, 5.41) is 10.3. The molecule has 1 nitrogen and oxygen atoms in total. The van der Waals surface area contributed by atoms with Gasteiger partial charge in [-0.25, -0.2) is 0 Å². The maximum atomic E-state index is 12.6. The number of alkyl halides is 3. The van der Waals surface area contributed by atoms with Crippen LogP contribution in [0.4, 0.5) is 13.2 Å². The van der Waals surface area contributed by atoms with Crippen molar-refractivity contribution in [2.24, 2.45) is 0 Å². The number of aliphatic hydroxyl groups excluding tert-OH is 1. The van der Waals surface area contributed by atoms with Gasteiger partial charge in [0.2, 0.25) is 0 Å². The lowest BCUT2D eigenvalue weighted by molar-refractivity contribution is -0.137. The zero-order chi connectivity index (χ0) is 15.6. The molecule has 1 N–H and O–H groups in total. The molecule has 0 fully saturated rings. The minimum atomic E-state index is -4.36. The molecule has 0 aliphatic carbocycles. The van der Waals surface area contributed by atoms with Crippen LogP contribution in [0.2, 0.25) is 0 Å². The normalized spacial score (nSPS) is 13.2. The number of benzene rings is 2. The molecule has 0 aromatic heterocycles. The molecule has 2 aromatic carbocycles. The standard InChI is InChI=1S/C17H17F3O/c1-3-12-4-6-13(7-5-12)16(21)15-9-8-14(10-11(15)2)17(18,19)20/h4-10,16,21H,3H2,1-2H3. The monoisotopic (exact) mass is 294 g/mol. The molecule has 112 valence electrons. The van der Waals surface area contributed by atoms with E-state index in [1.807, 2.05) is 19.1 Å². The lowest BCUT2D eigenvalue weighted by Crippen LogP contribution is -2.08. The predicted molar refractivity (Wildman–Crippen MR) is 76.1 cm³/mol. The second kappa shape index (κ2) is 5.90. The number of aryl methyl sites for hydroxylation is 2. The van der Waals surface area contributed by atoms with Crippen LogP contribution in [0.5, 0.6) is 0 Å². The van der Waals surface area contributed by atoms with Crippen molar-refractivity contribution in [1.29, 1.82) is 0 Å². The summed E-state index contributed by atoms with van der Waals surface area (Å²) in [6.07, 6.45) is -4.38. The third-order valence-corrected chi connectivity index (χ3v) is 3.60. The first-order valence-corrected chi connectivity index (χ1v) is 6.77. The Morgan fingerprint density at radius 3 is 2.14 bits per heavy atom. The summed E-state index contributed by atoms with van der Waals surface area (Å²) in [5.41, 5.74) is 2.05. The van der Waals surface area contributed by atoms with Gasteiger partial charge in [-0.15, -0.1) is 0 Å². The molecule has 0 spiro atoms. The first kappa shape index (κ1) is 15.6. The molecule has 0 aliphatic heterocycles. The highest BCUT2D eigenvalue weighted by atomic mass is 19.4. The van der Waals surface area contributed by atoms with E-state index in [0.717, 1.165) is 24.1 Å². The van der Waals surface area contributed by atoms with E-state index in [4.69, 9.17) is 0 Å². The Balaban J connectivity index is 2.32. The lowest BCUT2D eigenvalue weighted by atomic mass is 9.95. The Kier molecular flexibility index (Phi) is 4.37. The van der Waals surface area contributed by atoms with Gasteiger partial charge in [0.15, 0.2) is 0 Å². The first-order chi connectivity index (χ1) is 9.82. The van der Waals surface area contributed by atoms with Crippen LogP contribution in [0.1, 0.15) is 40.8 Å². The Hall–Kier alpha value is -1.81. The van der Waals surface area contributed by atoms with Gasteiger partial charge in [-0.1, -0.05) is 37.3 Å². The third-order valence-electron chi connectivity index (χ3n) is 3.60. The van der Waals surface area contributed by atoms with Crippen molar-refractivity contribution in [1.82, 2.24) is 0 Å². The van der Waals surface area contributed by atoms with Crippen molar-refractivity contribution in [3.8, 4) is 0 Å². The molecule has 0 radical (unpaired) electrons. The zero-order valence-corrected chi connectivity index (χ0v) is 11.9. The van der Waals surface area contributed by atoms with Crippen molar-refractivity contribution in [3.63, 3.8) is 0 Å². The van der Waals surface area contributed by atoms with Gasteiger partial charge < -0.3 is 5.11 Å². The zero-order valence-electron chi connectivity index (χ0n) is 11.9. The second-order valence-electron chi connectivity index (χ2n) is 5.07. The number of rotatable bonds is 3. The van der Waals surface area contributed by atoms with Crippen LogP contribution < -0.4 is 0 Å². The molecule has 0 amide bonds. The van der Waals surface area contributed by atoms with Crippen molar-refractivity contribution in [2.75, 3.05) is 0 Å². The van der Waals surface area contributed by atoms with E-state index in [9.17, 15) is 18.3 Å². The van der Waals surface area contributed by atoms with Crippen molar-refractivity contribution >= 4 is 0 Å². The van der Waals surface area contributed by atoms with Gasteiger partial charge in [0.25, 0.3) is 0 Å². The van der Waals surface area contributed by atoms with E-state index in [-0.39, 0.29) is 0 Å². The lowest BCUT2D eigenvalue weighted by Gasteiger charge is -2.16. The van der Waals surface area contributed by atoms with Gasteiger partial charge in [-0.05, 0) is 47.7 Å². The topological polar surface area (TPSA) is 20.2 Å². The molecule has 4 heteroatoms. The fourth-order valence-electron chi connectivity index (χ4n) is 2.27. The SMILES string of the molecule is CCc1ccc(C(O)c2ccc(C(F)(F)F)cc2C)cc1. The van der Waals surface area contributed by atoms with Crippen LogP contribution >= 0.6 is 0 Å². The van der Waals surface area contributed by atoms with Gasteiger partial charge in [-0.2, -0.15) is 13.2 Å². The van der Waals surface area contributed by atoms with Gasteiger partial charge in [0.1, 0.15) is 6.10 Å². The summed E-state index contributed by atoms with van der Waals surface area (Å²) >= 11 is 0. The van der Waals surface area contributed by atoms with Crippen LogP contribution in [-0.4, -0.2) is 5.11 Å². The second-order valence-corrected chi connectivity index (χ2v) is 5.07. The molecule has 0 bridgehead atoms. The number of aliphatic hydroxyl groups is 1. The van der Waals surface area contributed by atoms with Gasteiger partial charge in [0.05, 0.1) is 5.56 Å². The van der Waals surface area contributed by atoms with E-state index >= 15 is 0 Å². The van der Waals surface area contributed by atoms with E-state index < -0.39 is 17.8 Å². The Morgan fingerprint density at radius 2 is 1.67 bits per heavy atom. The highest BCUT2D eigenvalue weighted by molar-refractivity contribution is 5.39. The Labute approximate surface area is 122 Å². The summed E-state index contributed by atoms with van der Waals surface area (Å²) in [6, 6.07) is 10.9. The highest BCUT2D eigenvalue weighted by Crippen LogP contribution is 2.33. The first-order valence-electron chi connectivity index (χ1n) is 6.77. The molecule has 0 aliphatic rings. The molecule has 2 rings (SSSR count). The minimum Gasteiger partial charge on any atom is -0.384 e. The molecule has 0 saturated carbocycles. The van der Waals surface area contributed by atoms with Gasteiger partial charge in [-0.3, -0.25) is 0 Å². The predicted octanol–water partition coefficient (Wildman–Crippen LogP) is 4.66. The van der Waals surface area contributed by atoms with Crippen LogP contribution in [0.3, 0.4) is 0 Å². The summed E-state index contributed by atoms with van der Waals surface area (Å²) in [5.74, 6) is 0. The highest BCUT2D eigenvalue weighted by Gasteiger charge is 2.31. The average Bonchev–Trinajstić information content (AvgIpc) is 2.45. The largest absolute Gasteiger partial charge is 0.416 e. The molecule has 1 unspecified atom stereocenters. The molecule has 1 atom stereocenters. The van der Waals surface area contributed by atoms with Crippen LogP contribution in [0, 0.1) is 6.92 Å². The summed E-state index contributed by atoms with van der Waals surface area (Å²) in [6.45, 7) is 3.61. The van der Waals surface area contributed by atoms with E-state index in [2.05, 4.69) is 0 Å². The summed E-state index contributed by atoms with van der Waals surface area (Å²) < 4.78 is 37.9. The average molecular weight is 294 g/mol. The van der Waals surface area contributed by atoms with Gasteiger partial charge in [0, 0.05) is 0 Å². The van der Waals surface area contributed by atoms with Crippen LogP contribution in [0.25, 0.3) is 0 Å². The fraction of sp³-hybridized carbons (Fsp3) is 0.294. The van der Waals surface area contributed by atoms with Crippen molar-refractivity contribution in [3.05, 3.63) is 70.3 Å². The van der Waals surface area contributed by atoms with E-state index in [1.54, 1.807) is 19.1 Å². The van der Waals surface area contributed by atoms with Crippen LogP contribution in [0.15, 0.2) is 42.5 Å². The van der Waals surface area contributed by atoms with Crippen LogP contribution in [-0.2, 0) is 12.6 Å². The minimum absolute atomic E-state index is 0.428. The maximum absolute atomic E-state index is 12.6. The van der Waals surface area contributed by atoms with Crippen molar-refractivity contribution in [2.45, 2.75) is 32.5 Å². The quantitative estimate of drug-likeness (QED) is 0.873. The smallest absolute Gasteiger partial charge is 0.384 e. The number of halogens is 3. The van der Waals surface area contributed by atoms with E-state index in [1.165, 1.54) is 6.07 Å². The van der Waals surface area contributed by atoms with E-state index in [0.29, 0.717) is 16.7 Å². The fourth-order valence-corrected chi connectivity index (χ4v) is 2.27. The molecule has 0 saturated heterocycles. The number of hydrogen-bond donors (Lipinski definition) is 1. The molecular weight excluding hydrogens is 277 g/mol. The summed E-state index contributed by atoms with van der Waals surface area (Å²) in [4.78, 5) is 0. The van der Waals surface area contributed by atoms with Crippen molar-refractivity contribution < 1.29 is 18.3 Å². The maximum Gasteiger partial charge on any atom is 0.416 e. The Bertz CT molecular complexity index is 615. The third kappa shape index (κ3) is 3.45. The number of hydrogen-bond acceptors (Lipinski definition) is 1. The Morgan fingerprint density at radius 1 is 1.05 bits per heavy atom. The molecular formula is C17H17F3O. The molecule has 2 aromatic rings. The molecule has 0 heterocycles.